The Morgan fingerprint density at radius 1 is 1.38 bits per heavy atom. The van der Waals surface area contributed by atoms with Gasteiger partial charge in [-0.05, 0) is 52.2 Å². The number of nitrogens with zero attached hydrogens (tertiary/aromatic N) is 3. The lowest BCUT2D eigenvalue weighted by molar-refractivity contribution is 0.167. The van der Waals surface area contributed by atoms with E-state index in [0.717, 1.165) is 31.3 Å². The molecule has 1 saturated heterocycles. The molecule has 0 aromatic carbocycles. The van der Waals surface area contributed by atoms with Crippen molar-refractivity contribution in [3.8, 4) is 0 Å². The summed E-state index contributed by atoms with van der Waals surface area (Å²) in [6.45, 7) is 12.5. The van der Waals surface area contributed by atoms with Crippen LogP contribution in [0, 0.1) is 6.92 Å². The van der Waals surface area contributed by atoms with Gasteiger partial charge in [0.25, 0.3) is 0 Å². The number of hydrogen-bond acceptors (Lipinski definition) is 3. The summed E-state index contributed by atoms with van der Waals surface area (Å²) < 4.78 is 0. The molecule has 6 heteroatoms. The van der Waals surface area contributed by atoms with Gasteiger partial charge in [-0.15, -0.1) is 24.0 Å². The van der Waals surface area contributed by atoms with E-state index in [4.69, 9.17) is 4.99 Å². The number of halogens is 1. The first-order chi connectivity index (χ1) is 11.1. The number of hydrogen-bond donors (Lipinski definition) is 2. The zero-order valence-electron chi connectivity index (χ0n) is 15.4. The van der Waals surface area contributed by atoms with Gasteiger partial charge in [-0.1, -0.05) is 6.07 Å². The van der Waals surface area contributed by atoms with E-state index in [0.29, 0.717) is 18.6 Å². The molecule has 2 heterocycles. The fraction of sp³-hybridized carbons (Fsp3) is 0.667. The first-order valence-corrected chi connectivity index (χ1v) is 8.79. The van der Waals surface area contributed by atoms with Crippen molar-refractivity contribution >= 4 is 29.9 Å². The number of pyridine rings is 1. The smallest absolute Gasteiger partial charge is 0.191 e. The Bertz CT molecular complexity index is 510. The average Bonchev–Trinajstić information content (AvgIpc) is 2.54. The largest absolute Gasteiger partial charge is 0.357 e. The van der Waals surface area contributed by atoms with Crippen LogP contribution in [0.4, 0.5) is 0 Å². The van der Waals surface area contributed by atoms with E-state index in [1.54, 1.807) is 0 Å². The number of rotatable bonds is 5. The van der Waals surface area contributed by atoms with Gasteiger partial charge in [-0.2, -0.15) is 0 Å². The monoisotopic (exact) mass is 445 g/mol. The lowest BCUT2D eigenvalue weighted by atomic mass is 10.0. The zero-order valence-corrected chi connectivity index (χ0v) is 17.7. The van der Waals surface area contributed by atoms with Crippen LogP contribution in [0.2, 0.25) is 0 Å². The molecule has 24 heavy (non-hydrogen) atoms. The topological polar surface area (TPSA) is 52.6 Å². The Balaban J connectivity index is 0.00000288. The minimum atomic E-state index is 0. The molecule has 0 bridgehead atoms. The lowest BCUT2D eigenvalue weighted by Gasteiger charge is -2.35. The fourth-order valence-electron chi connectivity index (χ4n) is 2.91. The van der Waals surface area contributed by atoms with Crippen molar-refractivity contribution in [2.24, 2.45) is 4.99 Å². The molecule has 0 aliphatic carbocycles. The molecule has 2 rings (SSSR count). The molecule has 1 fully saturated rings. The molecule has 1 aliphatic heterocycles. The standard InChI is InChI=1S/C18H31N5.HI/c1-5-19-18(21-13-17-15(4)7-6-10-20-17)22-16-8-11-23(12-9-16)14(2)3;/h6-7,10,14,16H,5,8-9,11-13H2,1-4H3,(H2,19,21,22);1H. The number of guanidine groups is 1. The van der Waals surface area contributed by atoms with Crippen molar-refractivity contribution in [1.29, 1.82) is 0 Å². The molecule has 0 radical (unpaired) electrons. The number of aryl methyl sites for hydroxylation is 1. The van der Waals surface area contributed by atoms with E-state index in [1.807, 2.05) is 12.3 Å². The van der Waals surface area contributed by atoms with E-state index in [1.165, 1.54) is 18.4 Å². The van der Waals surface area contributed by atoms with Crippen LogP contribution < -0.4 is 10.6 Å². The quantitative estimate of drug-likeness (QED) is 0.416. The number of aliphatic imine (C=N–C) groups is 1. The third-order valence-electron chi connectivity index (χ3n) is 4.45. The number of aromatic nitrogens is 1. The van der Waals surface area contributed by atoms with Gasteiger partial charge >= 0.3 is 0 Å². The summed E-state index contributed by atoms with van der Waals surface area (Å²) >= 11 is 0. The highest BCUT2D eigenvalue weighted by Crippen LogP contribution is 2.13. The Kier molecular flexibility index (Phi) is 9.58. The lowest BCUT2D eigenvalue weighted by Crippen LogP contribution is -2.49. The summed E-state index contributed by atoms with van der Waals surface area (Å²) in [5, 5.41) is 6.94. The number of likely N-dealkylation sites (tertiary alicyclic amines) is 1. The van der Waals surface area contributed by atoms with Gasteiger partial charge in [0.15, 0.2) is 5.96 Å². The Morgan fingerprint density at radius 2 is 2.08 bits per heavy atom. The van der Waals surface area contributed by atoms with Crippen molar-refractivity contribution in [3.63, 3.8) is 0 Å². The van der Waals surface area contributed by atoms with Crippen molar-refractivity contribution in [1.82, 2.24) is 20.5 Å². The minimum Gasteiger partial charge on any atom is -0.357 e. The van der Waals surface area contributed by atoms with Gasteiger partial charge in [-0.3, -0.25) is 4.98 Å². The summed E-state index contributed by atoms with van der Waals surface area (Å²) in [4.78, 5) is 11.7. The molecule has 0 atom stereocenters. The third-order valence-corrected chi connectivity index (χ3v) is 4.45. The van der Waals surface area contributed by atoms with E-state index in [-0.39, 0.29) is 24.0 Å². The molecular formula is C18H32IN5. The van der Waals surface area contributed by atoms with Crippen LogP contribution in [0.25, 0.3) is 0 Å². The molecule has 1 aromatic heterocycles. The molecule has 1 aromatic rings. The van der Waals surface area contributed by atoms with Crippen LogP contribution in [0.5, 0.6) is 0 Å². The minimum absolute atomic E-state index is 0. The van der Waals surface area contributed by atoms with E-state index in [2.05, 4.69) is 54.3 Å². The van der Waals surface area contributed by atoms with Gasteiger partial charge in [0.2, 0.25) is 0 Å². The fourth-order valence-corrected chi connectivity index (χ4v) is 2.91. The Labute approximate surface area is 163 Å². The number of nitrogens with one attached hydrogen (secondary N) is 2. The molecule has 0 spiro atoms. The molecule has 2 N–H and O–H groups in total. The molecule has 0 amide bonds. The van der Waals surface area contributed by atoms with Gasteiger partial charge in [0, 0.05) is 37.9 Å². The highest BCUT2D eigenvalue weighted by atomic mass is 127. The van der Waals surface area contributed by atoms with Crippen LogP contribution in [-0.4, -0.2) is 47.6 Å². The highest BCUT2D eigenvalue weighted by molar-refractivity contribution is 14.0. The van der Waals surface area contributed by atoms with Crippen LogP contribution >= 0.6 is 24.0 Å². The highest BCUT2D eigenvalue weighted by Gasteiger charge is 2.21. The van der Waals surface area contributed by atoms with Crippen LogP contribution in [0.1, 0.15) is 44.9 Å². The molecule has 1 aliphatic rings. The van der Waals surface area contributed by atoms with Crippen LogP contribution in [-0.2, 0) is 6.54 Å². The SMILES string of the molecule is CCNC(=NCc1ncccc1C)NC1CCN(C(C)C)CC1.I. The second-order valence-electron chi connectivity index (χ2n) is 6.51. The predicted octanol–water partition coefficient (Wildman–Crippen LogP) is 2.94. The summed E-state index contributed by atoms with van der Waals surface area (Å²) in [5.74, 6) is 0.903. The summed E-state index contributed by atoms with van der Waals surface area (Å²) in [5.41, 5.74) is 2.23. The van der Waals surface area contributed by atoms with Crippen LogP contribution in [0.3, 0.4) is 0 Å². The second kappa shape index (κ2) is 10.9. The van der Waals surface area contributed by atoms with Gasteiger partial charge in [0.05, 0.1) is 12.2 Å². The maximum atomic E-state index is 4.71. The maximum absolute atomic E-state index is 4.71. The van der Waals surface area contributed by atoms with Gasteiger partial charge in [0.1, 0.15) is 0 Å². The van der Waals surface area contributed by atoms with Crippen molar-refractivity contribution in [2.75, 3.05) is 19.6 Å². The normalized spacial score (nSPS) is 16.8. The molecule has 136 valence electrons. The van der Waals surface area contributed by atoms with E-state index in [9.17, 15) is 0 Å². The van der Waals surface area contributed by atoms with Crippen molar-refractivity contribution in [3.05, 3.63) is 29.6 Å². The summed E-state index contributed by atoms with van der Waals surface area (Å²) in [6.07, 6.45) is 4.18. The summed E-state index contributed by atoms with van der Waals surface area (Å²) in [7, 11) is 0. The zero-order chi connectivity index (χ0) is 16.7. The molecule has 0 unspecified atom stereocenters. The van der Waals surface area contributed by atoms with Crippen molar-refractivity contribution in [2.45, 2.75) is 59.2 Å². The predicted molar refractivity (Wildman–Crippen MR) is 112 cm³/mol. The first-order valence-electron chi connectivity index (χ1n) is 8.79. The van der Waals surface area contributed by atoms with Crippen LogP contribution in [0.15, 0.2) is 23.3 Å². The van der Waals surface area contributed by atoms with Gasteiger partial charge in [-0.25, -0.2) is 4.99 Å². The van der Waals surface area contributed by atoms with Crippen molar-refractivity contribution < 1.29 is 0 Å². The average molecular weight is 445 g/mol. The molecule has 0 saturated carbocycles. The van der Waals surface area contributed by atoms with E-state index >= 15 is 0 Å². The summed E-state index contributed by atoms with van der Waals surface area (Å²) in [6, 6.07) is 5.20. The number of piperidine rings is 1. The third kappa shape index (κ3) is 6.55. The Morgan fingerprint density at radius 3 is 2.67 bits per heavy atom. The maximum Gasteiger partial charge on any atom is 0.191 e. The Hall–Kier alpha value is -0.890. The van der Waals surface area contributed by atoms with E-state index < -0.39 is 0 Å². The van der Waals surface area contributed by atoms with Gasteiger partial charge < -0.3 is 15.5 Å². The first kappa shape index (κ1) is 21.2. The molecule has 5 nitrogen and oxygen atoms in total. The second-order valence-corrected chi connectivity index (χ2v) is 6.51. The molecular weight excluding hydrogens is 413 g/mol.